The summed E-state index contributed by atoms with van der Waals surface area (Å²) in [5.74, 6) is 0.879. The molecule has 0 aromatic carbocycles. The molecule has 1 unspecified atom stereocenters. The van der Waals surface area contributed by atoms with Crippen molar-refractivity contribution in [1.29, 1.82) is 0 Å². The Kier molecular flexibility index (Phi) is 8.51. The lowest BCUT2D eigenvalue weighted by Crippen LogP contribution is -2.37. The number of aryl methyl sites for hydroxylation is 1. The molecule has 0 saturated carbocycles. The van der Waals surface area contributed by atoms with Crippen LogP contribution in [0.15, 0.2) is 12.1 Å². The monoisotopic (exact) mass is 359 g/mol. The first-order valence-corrected chi connectivity index (χ1v) is 6.91. The molecule has 0 amide bonds. The molecule has 22 heavy (non-hydrogen) atoms. The molecule has 3 nitrogen and oxygen atoms in total. The highest BCUT2D eigenvalue weighted by molar-refractivity contribution is 5.85. The van der Waals surface area contributed by atoms with Gasteiger partial charge in [0.05, 0.1) is 5.56 Å². The molecule has 0 aliphatic carbocycles. The number of piperidine rings is 1. The van der Waals surface area contributed by atoms with Crippen molar-refractivity contribution in [1.82, 2.24) is 4.98 Å². The van der Waals surface area contributed by atoms with Crippen LogP contribution in [0.2, 0.25) is 0 Å². The molecule has 2 N–H and O–H groups in total. The molecule has 1 aromatic heterocycles. The molecule has 0 spiro atoms. The van der Waals surface area contributed by atoms with Crippen LogP contribution in [0, 0.1) is 12.8 Å². The first-order chi connectivity index (χ1) is 9.40. The predicted octanol–water partition coefficient (Wildman–Crippen LogP) is 3.82. The van der Waals surface area contributed by atoms with E-state index in [0.29, 0.717) is 24.0 Å². The molecular weight excluding hydrogens is 338 g/mol. The van der Waals surface area contributed by atoms with E-state index in [4.69, 9.17) is 5.73 Å². The summed E-state index contributed by atoms with van der Waals surface area (Å²) in [6.07, 6.45) is -1.35. The van der Waals surface area contributed by atoms with Crippen LogP contribution in [0.4, 0.5) is 19.0 Å². The third-order valence-corrected chi connectivity index (χ3v) is 3.69. The van der Waals surface area contributed by atoms with Gasteiger partial charge in [0, 0.05) is 18.8 Å². The molecule has 8 heteroatoms. The summed E-state index contributed by atoms with van der Waals surface area (Å²) < 4.78 is 38.5. The van der Waals surface area contributed by atoms with Crippen LogP contribution in [-0.4, -0.2) is 24.6 Å². The van der Waals surface area contributed by atoms with Crippen molar-refractivity contribution in [3.63, 3.8) is 0 Å². The second-order valence-electron chi connectivity index (χ2n) is 5.38. The third kappa shape index (κ3) is 5.48. The molecular formula is C14H22Cl2F3N3. The largest absolute Gasteiger partial charge is 0.416 e. The van der Waals surface area contributed by atoms with E-state index < -0.39 is 11.7 Å². The number of nitrogens with two attached hydrogens (primary N) is 1. The summed E-state index contributed by atoms with van der Waals surface area (Å²) in [7, 11) is 0. The molecule has 0 bridgehead atoms. The Morgan fingerprint density at radius 1 is 1.32 bits per heavy atom. The van der Waals surface area contributed by atoms with E-state index >= 15 is 0 Å². The zero-order valence-electron chi connectivity index (χ0n) is 12.4. The number of pyridine rings is 1. The van der Waals surface area contributed by atoms with Gasteiger partial charge in [-0.1, -0.05) is 0 Å². The van der Waals surface area contributed by atoms with Gasteiger partial charge in [-0.25, -0.2) is 4.98 Å². The topological polar surface area (TPSA) is 42.1 Å². The van der Waals surface area contributed by atoms with Gasteiger partial charge in [-0.3, -0.25) is 0 Å². The maximum Gasteiger partial charge on any atom is 0.416 e. The van der Waals surface area contributed by atoms with Gasteiger partial charge in [0.15, 0.2) is 0 Å². The minimum atomic E-state index is -4.32. The summed E-state index contributed by atoms with van der Waals surface area (Å²) in [6.45, 7) is 3.72. The van der Waals surface area contributed by atoms with Gasteiger partial charge in [-0.05, 0) is 50.8 Å². The zero-order chi connectivity index (χ0) is 14.8. The number of rotatable bonds is 3. The summed E-state index contributed by atoms with van der Waals surface area (Å²) in [4.78, 5) is 6.21. The number of hydrogen-bond donors (Lipinski definition) is 1. The first kappa shape index (κ1) is 21.3. The molecule has 2 rings (SSSR count). The lowest BCUT2D eigenvalue weighted by atomic mass is 9.95. The van der Waals surface area contributed by atoms with E-state index in [1.54, 1.807) is 6.92 Å². The molecule has 2 heterocycles. The third-order valence-electron chi connectivity index (χ3n) is 3.69. The van der Waals surface area contributed by atoms with Crippen LogP contribution in [0.1, 0.15) is 30.5 Å². The van der Waals surface area contributed by atoms with Gasteiger partial charge in [-0.2, -0.15) is 13.2 Å². The van der Waals surface area contributed by atoms with E-state index in [0.717, 1.165) is 44.5 Å². The summed E-state index contributed by atoms with van der Waals surface area (Å²) in [6, 6.07) is 2.24. The van der Waals surface area contributed by atoms with E-state index in [9.17, 15) is 13.2 Å². The van der Waals surface area contributed by atoms with Crippen LogP contribution in [0.3, 0.4) is 0 Å². The quantitative estimate of drug-likeness (QED) is 0.891. The Labute approximate surface area is 141 Å². The highest BCUT2D eigenvalue weighted by Crippen LogP contribution is 2.32. The van der Waals surface area contributed by atoms with E-state index in [1.165, 1.54) is 0 Å². The lowest BCUT2D eigenvalue weighted by molar-refractivity contribution is -0.137. The average Bonchev–Trinajstić information content (AvgIpc) is 2.38. The lowest BCUT2D eigenvalue weighted by Gasteiger charge is -2.34. The molecule has 1 aromatic rings. The Hall–Kier alpha value is -0.720. The maximum atomic E-state index is 12.8. The van der Waals surface area contributed by atoms with Crippen molar-refractivity contribution in [3.8, 4) is 0 Å². The smallest absolute Gasteiger partial charge is 0.356 e. The summed E-state index contributed by atoms with van der Waals surface area (Å²) >= 11 is 0. The van der Waals surface area contributed by atoms with Crippen molar-refractivity contribution in [2.24, 2.45) is 11.7 Å². The second kappa shape index (κ2) is 8.79. The van der Waals surface area contributed by atoms with Gasteiger partial charge < -0.3 is 10.6 Å². The van der Waals surface area contributed by atoms with Crippen molar-refractivity contribution < 1.29 is 13.2 Å². The number of nitrogens with zero attached hydrogens (tertiary/aromatic N) is 2. The fourth-order valence-corrected chi connectivity index (χ4v) is 2.72. The second-order valence-corrected chi connectivity index (χ2v) is 5.38. The van der Waals surface area contributed by atoms with Gasteiger partial charge in [-0.15, -0.1) is 24.8 Å². The molecule has 1 fully saturated rings. The molecule has 1 aliphatic heterocycles. The maximum absolute atomic E-state index is 12.8. The van der Waals surface area contributed by atoms with Crippen molar-refractivity contribution in [3.05, 3.63) is 23.4 Å². The molecule has 1 aliphatic rings. The van der Waals surface area contributed by atoms with Crippen molar-refractivity contribution >= 4 is 30.6 Å². The van der Waals surface area contributed by atoms with Gasteiger partial charge in [0.1, 0.15) is 5.82 Å². The minimum Gasteiger partial charge on any atom is -0.356 e. The van der Waals surface area contributed by atoms with Gasteiger partial charge >= 0.3 is 6.18 Å². The van der Waals surface area contributed by atoms with Crippen molar-refractivity contribution in [2.75, 3.05) is 24.5 Å². The van der Waals surface area contributed by atoms with Gasteiger partial charge in [0.25, 0.3) is 0 Å². The number of hydrogen-bond acceptors (Lipinski definition) is 3. The molecule has 1 saturated heterocycles. The Morgan fingerprint density at radius 2 is 2.00 bits per heavy atom. The number of alkyl halides is 3. The molecule has 0 radical (unpaired) electrons. The fraction of sp³-hybridized carbons (Fsp3) is 0.643. The zero-order valence-corrected chi connectivity index (χ0v) is 14.0. The fourth-order valence-electron chi connectivity index (χ4n) is 2.72. The molecule has 128 valence electrons. The SMILES string of the molecule is Cc1cc(C(F)(F)F)cc(N2CCCC(CCN)C2)n1.Cl.Cl. The average molecular weight is 360 g/mol. The van der Waals surface area contributed by atoms with E-state index in [1.807, 2.05) is 4.90 Å². The van der Waals surface area contributed by atoms with E-state index in [-0.39, 0.29) is 24.8 Å². The van der Waals surface area contributed by atoms with E-state index in [2.05, 4.69) is 4.98 Å². The van der Waals surface area contributed by atoms with Crippen molar-refractivity contribution in [2.45, 2.75) is 32.4 Å². The standard InChI is InChI=1S/C14H20F3N3.2ClH/c1-10-7-12(14(15,16)17)8-13(19-10)20-6-2-3-11(9-20)4-5-18;;/h7-8,11H,2-6,9,18H2,1H3;2*1H. The highest BCUT2D eigenvalue weighted by Gasteiger charge is 2.32. The number of aromatic nitrogens is 1. The minimum absolute atomic E-state index is 0. The van der Waals surface area contributed by atoms with Crippen LogP contribution < -0.4 is 10.6 Å². The normalized spacial score (nSPS) is 18.4. The number of anilines is 1. The number of halogens is 5. The van der Waals surface area contributed by atoms with Crippen LogP contribution in [0.5, 0.6) is 0 Å². The summed E-state index contributed by atoms with van der Waals surface area (Å²) in [5, 5.41) is 0. The van der Waals surface area contributed by atoms with Gasteiger partial charge in [0.2, 0.25) is 0 Å². The van der Waals surface area contributed by atoms with Crippen LogP contribution in [-0.2, 0) is 6.18 Å². The Bertz CT molecular complexity index is 467. The Balaban J connectivity index is 0.00000220. The first-order valence-electron chi connectivity index (χ1n) is 6.91. The predicted molar refractivity (Wildman–Crippen MR) is 87.1 cm³/mol. The van der Waals surface area contributed by atoms with Crippen LogP contribution >= 0.6 is 24.8 Å². The highest BCUT2D eigenvalue weighted by atomic mass is 35.5. The van der Waals surface area contributed by atoms with Crippen LogP contribution in [0.25, 0.3) is 0 Å². The summed E-state index contributed by atoms with van der Waals surface area (Å²) in [5.41, 5.74) is 5.34. The molecule has 1 atom stereocenters. The Morgan fingerprint density at radius 3 is 2.59 bits per heavy atom.